The molecule has 2 rings (SSSR count). The lowest BCUT2D eigenvalue weighted by Gasteiger charge is -2.31. The van der Waals surface area contributed by atoms with Crippen LogP contribution in [0.5, 0.6) is 0 Å². The van der Waals surface area contributed by atoms with Gasteiger partial charge in [-0.2, -0.15) is 0 Å². The first-order chi connectivity index (χ1) is 6.74. The average molecular weight is 190 g/mol. The summed E-state index contributed by atoms with van der Waals surface area (Å²) in [6.07, 6.45) is 1.07. The SMILES string of the molecule is CCc1cccc2c1NCC(C)C2N. The Kier molecular flexibility index (Phi) is 2.46. The van der Waals surface area contributed by atoms with Crippen LogP contribution in [0.3, 0.4) is 0 Å². The smallest absolute Gasteiger partial charge is 0.0421 e. The van der Waals surface area contributed by atoms with Gasteiger partial charge in [0.05, 0.1) is 0 Å². The Morgan fingerprint density at radius 3 is 3.00 bits per heavy atom. The summed E-state index contributed by atoms with van der Waals surface area (Å²) in [6.45, 7) is 5.37. The fourth-order valence-corrected chi connectivity index (χ4v) is 2.10. The van der Waals surface area contributed by atoms with Gasteiger partial charge in [-0.25, -0.2) is 0 Å². The maximum atomic E-state index is 6.17. The first-order valence-corrected chi connectivity index (χ1v) is 5.35. The Morgan fingerprint density at radius 1 is 1.50 bits per heavy atom. The van der Waals surface area contributed by atoms with Gasteiger partial charge in [-0.3, -0.25) is 0 Å². The van der Waals surface area contributed by atoms with Gasteiger partial charge in [0.2, 0.25) is 0 Å². The second kappa shape index (κ2) is 3.62. The highest BCUT2D eigenvalue weighted by molar-refractivity contribution is 5.60. The Morgan fingerprint density at radius 2 is 2.29 bits per heavy atom. The lowest BCUT2D eigenvalue weighted by atomic mass is 9.88. The Hall–Kier alpha value is -1.02. The molecule has 0 aliphatic carbocycles. The van der Waals surface area contributed by atoms with Gasteiger partial charge < -0.3 is 11.1 Å². The van der Waals surface area contributed by atoms with Crippen molar-refractivity contribution in [3.8, 4) is 0 Å². The third kappa shape index (κ3) is 1.40. The van der Waals surface area contributed by atoms with Gasteiger partial charge in [0.15, 0.2) is 0 Å². The van der Waals surface area contributed by atoms with E-state index in [2.05, 4.69) is 37.4 Å². The predicted octanol–water partition coefficient (Wildman–Crippen LogP) is 2.31. The van der Waals surface area contributed by atoms with Crippen LogP contribution in [-0.2, 0) is 6.42 Å². The highest BCUT2D eigenvalue weighted by Gasteiger charge is 2.23. The van der Waals surface area contributed by atoms with Crippen LogP contribution < -0.4 is 11.1 Å². The van der Waals surface area contributed by atoms with E-state index in [-0.39, 0.29) is 6.04 Å². The number of fused-ring (bicyclic) bond motifs is 1. The fraction of sp³-hybridized carbons (Fsp3) is 0.500. The lowest BCUT2D eigenvalue weighted by molar-refractivity contribution is 0.478. The molecular weight excluding hydrogens is 172 g/mol. The standard InChI is InChI=1S/C12H18N2/c1-3-9-5-4-6-10-11(13)8(2)7-14-12(9)10/h4-6,8,11,14H,3,7,13H2,1-2H3. The van der Waals surface area contributed by atoms with Crippen LogP contribution in [-0.4, -0.2) is 6.54 Å². The second-order valence-corrected chi connectivity index (χ2v) is 4.12. The molecule has 1 heterocycles. The van der Waals surface area contributed by atoms with Gasteiger partial charge in [-0.05, 0) is 23.5 Å². The van der Waals surface area contributed by atoms with Crippen molar-refractivity contribution < 1.29 is 0 Å². The van der Waals surface area contributed by atoms with Crippen LogP contribution in [0.15, 0.2) is 18.2 Å². The van der Waals surface area contributed by atoms with Gasteiger partial charge in [0.25, 0.3) is 0 Å². The number of para-hydroxylation sites is 1. The van der Waals surface area contributed by atoms with E-state index in [0.717, 1.165) is 13.0 Å². The van der Waals surface area contributed by atoms with Gasteiger partial charge in [0.1, 0.15) is 0 Å². The van der Waals surface area contributed by atoms with E-state index in [0.29, 0.717) is 5.92 Å². The molecule has 0 saturated carbocycles. The summed E-state index contributed by atoms with van der Waals surface area (Å²) in [5.41, 5.74) is 10.1. The van der Waals surface area contributed by atoms with Crippen molar-refractivity contribution in [2.75, 3.05) is 11.9 Å². The molecule has 1 aliphatic heterocycles. The molecule has 0 radical (unpaired) electrons. The van der Waals surface area contributed by atoms with Crippen LogP contribution >= 0.6 is 0 Å². The van der Waals surface area contributed by atoms with Gasteiger partial charge in [-0.1, -0.05) is 32.0 Å². The molecule has 0 saturated heterocycles. The zero-order chi connectivity index (χ0) is 10.1. The molecule has 0 aromatic heterocycles. The molecule has 76 valence electrons. The molecule has 2 unspecified atom stereocenters. The molecule has 2 nitrogen and oxygen atoms in total. The molecule has 0 fully saturated rings. The molecule has 14 heavy (non-hydrogen) atoms. The zero-order valence-electron chi connectivity index (χ0n) is 8.88. The molecule has 1 aromatic carbocycles. The Bertz CT molecular complexity index is 333. The van der Waals surface area contributed by atoms with E-state index in [1.807, 2.05) is 0 Å². The number of hydrogen-bond acceptors (Lipinski definition) is 2. The molecule has 2 atom stereocenters. The van der Waals surface area contributed by atoms with E-state index >= 15 is 0 Å². The number of nitrogens with two attached hydrogens (primary N) is 1. The summed E-state index contributed by atoms with van der Waals surface area (Å²) in [7, 11) is 0. The molecule has 0 bridgehead atoms. The normalized spacial score (nSPS) is 25.4. The molecule has 1 aromatic rings. The summed E-state index contributed by atoms with van der Waals surface area (Å²) in [5, 5.41) is 3.48. The summed E-state index contributed by atoms with van der Waals surface area (Å²) >= 11 is 0. The minimum atomic E-state index is 0.192. The van der Waals surface area contributed by atoms with Crippen molar-refractivity contribution in [3.63, 3.8) is 0 Å². The Balaban J connectivity index is 2.47. The minimum absolute atomic E-state index is 0.192. The Labute approximate surface area is 85.5 Å². The van der Waals surface area contributed by atoms with Crippen LogP contribution in [0, 0.1) is 5.92 Å². The highest BCUT2D eigenvalue weighted by atomic mass is 14.9. The van der Waals surface area contributed by atoms with Crippen molar-refractivity contribution in [3.05, 3.63) is 29.3 Å². The van der Waals surface area contributed by atoms with Crippen LogP contribution in [0.25, 0.3) is 0 Å². The second-order valence-electron chi connectivity index (χ2n) is 4.12. The first kappa shape index (κ1) is 9.53. The largest absolute Gasteiger partial charge is 0.384 e. The number of rotatable bonds is 1. The maximum Gasteiger partial charge on any atom is 0.0421 e. The molecule has 2 heteroatoms. The highest BCUT2D eigenvalue weighted by Crippen LogP contribution is 2.33. The van der Waals surface area contributed by atoms with Gasteiger partial charge in [0, 0.05) is 18.3 Å². The summed E-state index contributed by atoms with van der Waals surface area (Å²) in [6, 6.07) is 6.62. The third-order valence-corrected chi connectivity index (χ3v) is 3.14. The summed E-state index contributed by atoms with van der Waals surface area (Å²) in [4.78, 5) is 0. The van der Waals surface area contributed by atoms with Crippen molar-refractivity contribution in [1.29, 1.82) is 0 Å². The number of aryl methyl sites for hydroxylation is 1. The number of nitrogens with one attached hydrogen (secondary N) is 1. The van der Waals surface area contributed by atoms with E-state index in [4.69, 9.17) is 5.73 Å². The van der Waals surface area contributed by atoms with Crippen molar-refractivity contribution >= 4 is 5.69 Å². The molecule has 3 N–H and O–H groups in total. The topological polar surface area (TPSA) is 38.0 Å². The van der Waals surface area contributed by atoms with Crippen LogP contribution in [0.1, 0.15) is 31.0 Å². The van der Waals surface area contributed by atoms with Crippen LogP contribution in [0.4, 0.5) is 5.69 Å². The van der Waals surface area contributed by atoms with Crippen molar-refractivity contribution in [1.82, 2.24) is 0 Å². The van der Waals surface area contributed by atoms with E-state index in [1.165, 1.54) is 16.8 Å². The number of hydrogen-bond donors (Lipinski definition) is 2. The molecule has 1 aliphatic rings. The maximum absolute atomic E-state index is 6.17. The van der Waals surface area contributed by atoms with Crippen molar-refractivity contribution in [2.24, 2.45) is 11.7 Å². The monoisotopic (exact) mass is 190 g/mol. The molecular formula is C12H18N2. The average Bonchev–Trinajstić information content (AvgIpc) is 2.23. The zero-order valence-corrected chi connectivity index (χ0v) is 8.88. The van der Waals surface area contributed by atoms with Gasteiger partial charge in [-0.15, -0.1) is 0 Å². The lowest BCUT2D eigenvalue weighted by Crippen LogP contribution is -2.31. The quantitative estimate of drug-likeness (QED) is 0.713. The van der Waals surface area contributed by atoms with Crippen molar-refractivity contribution in [2.45, 2.75) is 26.3 Å². The summed E-state index contributed by atoms with van der Waals surface area (Å²) < 4.78 is 0. The van der Waals surface area contributed by atoms with E-state index in [1.54, 1.807) is 0 Å². The summed E-state index contributed by atoms with van der Waals surface area (Å²) in [5.74, 6) is 0.523. The van der Waals surface area contributed by atoms with Crippen LogP contribution in [0.2, 0.25) is 0 Å². The third-order valence-electron chi connectivity index (χ3n) is 3.14. The van der Waals surface area contributed by atoms with Gasteiger partial charge >= 0.3 is 0 Å². The van der Waals surface area contributed by atoms with E-state index in [9.17, 15) is 0 Å². The number of anilines is 1. The first-order valence-electron chi connectivity index (χ1n) is 5.35. The minimum Gasteiger partial charge on any atom is -0.384 e. The van der Waals surface area contributed by atoms with E-state index < -0.39 is 0 Å². The predicted molar refractivity (Wildman–Crippen MR) is 60.4 cm³/mol. The number of benzene rings is 1. The molecule has 0 amide bonds. The fourth-order valence-electron chi connectivity index (χ4n) is 2.10. The molecule has 0 spiro atoms.